The van der Waals surface area contributed by atoms with Crippen LogP contribution in [0.25, 0.3) is 0 Å². The predicted octanol–water partition coefficient (Wildman–Crippen LogP) is 2.57. The smallest absolute Gasteiger partial charge is 0.226 e. The summed E-state index contributed by atoms with van der Waals surface area (Å²) in [5.41, 5.74) is 1.13. The second-order valence-electron chi connectivity index (χ2n) is 4.12. The van der Waals surface area contributed by atoms with Crippen LogP contribution in [0.2, 0.25) is 0 Å². The molecule has 2 rings (SSSR count). The molecule has 0 N–H and O–H groups in total. The second kappa shape index (κ2) is 5.39. The van der Waals surface area contributed by atoms with Gasteiger partial charge in [-0.05, 0) is 36.8 Å². The third-order valence-corrected chi connectivity index (χ3v) is 3.67. The molecule has 1 saturated heterocycles. The van der Waals surface area contributed by atoms with E-state index in [2.05, 4.69) is 18.4 Å². The van der Waals surface area contributed by atoms with Crippen LogP contribution in [0.1, 0.15) is 18.4 Å². The first-order valence-electron chi connectivity index (χ1n) is 5.70. The Hall–Kier alpha value is -0.960. The summed E-state index contributed by atoms with van der Waals surface area (Å²) in [6, 6.07) is 8.25. The van der Waals surface area contributed by atoms with E-state index in [0.29, 0.717) is 6.42 Å². The van der Waals surface area contributed by atoms with Crippen LogP contribution < -0.4 is 0 Å². The minimum absolute atomic E-state index is 0.274. The normalized spacial score (nSPS) is 15.4. The Morgan fingerprint density at radius 3 is 2.81 bits per heavy atom. The Balaban J connectivity index is 1.99. The third-order valence-electron chi connectivity index (χ3n) is 2.95. The zero-order chi connectivity index (χ0) is 11.4. The van der Waals surface area contributed by atoms with Gasteiger partial charge >= 0.3 is 0 Å². The number of thioether (sulfide) groups is 1. The molecule has 1 aromatic carbocycles. The highest BCUT2D eigenvalue weighted by Crippen LogP contribution is 2.17. The summed E-state index contributed by atoms with van der Waals surface area (Å²) >= 11 is 1.72. The number of nitrogens with zero attached hydrogens (tertiary/aromatic N) is 1. The first-order valence-corrected chi connectivity index (χ1v) is 6.93. The number of likely N-dealkylation sites (tertiary alicyclic amines) is 1. The van der Waals surface area contributed by atoms with Crippen molar-refractivity contribution >= 4 is 17.7 Å². The predicted molar refractivity (Wildman–Crippen MR) is 67.7 cm³/mol. The lowest BCUT2D eigenvalue weighted by molar-refractivity contribution is -0.129. The van der Waals surface area contributed by atoms with Crippen molar-refractivity contribution in [2.24, 2.45) is 0 Å². The molecule has 0 bridgehead atoms. The Bertz CT molecular complexity index is 372. The third kappa shape index (κ3) is 2.79. The van der Waals surface area contributed by atoms with Gasteiger partial charge in [0.1, 0.15) is 0 Å². The Morgan fingerprint density at radius 1 is 1.38 bits per heavy atom. The van der Waals surface area contributed by atoms with Gasteiger partial charge in [0.05, 0.1) is 6.42 Å². The standard InChI is InChI=1S/C13H17NOS/c1-16-12-6-4-5-11(9-12)10-13(15)14-7-2-3-8-14/h4-6,9H,2-3,7-8,10H2,1H3. The van der Waals surface area contributed by atoms with Crippen LogP contribution in [0, 0.1) is 0 Å². The van der Waals surface area contributed by atoms with E-state index < -0.39 is 0 Å². The highest BCUT2D eigenvalue weighted by atomic mass is 32.2. The van der Waals surface area contributed by atoms with Crippen molar-refractivity contribution in [2.45, 2.75) is 24.2 Å². The van der Waals surface area contributed by atoms with Crippen molar-refractivity contribution in [1.82, 2.24) is 4.90 Å². The van der Waals surface area contributed by atoms with Gasteiger partial charge in [-0.25, -0.2) is 0 Å². The maximum absolute atomic E-state index is 11.9. The maximum atomic E-state index is 11.9. The summed E-state index contributed by atoms with van der Waals surface area (Å²) in [5.74, 6) is 0.274. The molecule has 0 atom stereocenters. The average molecular weight is 235 g/mol. The number of amides is 1. The topological polar surface area (TPSA) is 20.3 Å². The van der Waals surface area contributed by atoms with Crippen LogP contribution in [0.3, 0.4) is 0 Å². The molecule has 0 aliphatic carbocycles. The zero-order valence-corrected chi connectivity index (χ0v) is 10.4. The number of carbonyl (C=O) groups is 1. The number of hydrogen-bond donors (Lipinski definition) is 0. The van der Waals surface area contributed by atoms with Gasteiger partial charge in [0.25, 0.3) is 0 Å². The average Bonchev–Trinajstić information content (AvgIpc) is 2.83. The Labute approximate surface area is 101 Å². The summed E-state index contributed by atoms with van der Waals surface area (Å²) in [7, 11) is 0. The number of rotatable bonds is 3. The van der Waals surface area contributed by atoms with Crippen LogP contribution in [0.4, 0.5) is 0 Å². The number of carbonyl (C=O) groups excluding carboxylic acids is 1. The summed E-state index contributed by atoms with van der Waals surface area (Å²) in [5, 5.41) is 0. The lowest BCUT2D eigenvalue weighted by Gasteiger charge is -2.15. The lowest BCUT2D eigenvalue weighted by atomic mass is 10.1. The molecule has 1 fully saturated rings. The number of hydrogen-bond acceptors (Lipinski definition) is 2. The van der Waals surface area contributed by atoms with Gasteiger partial charge < -0.3 is 4.90 Å². The SMILES string of the molecule is CSc1cccc(CC(=O)N2CCCC2)c1. The first kappa shape index (κ1) is 11.5. The molecule has 86 valence electrons. The van der Waals surface area contributed by atoms with Gasteiger partial charge in [0.15, 0.2) is 0 Å². The fourth-order valence-corrected chi connectivity index (χ4v) is 2.52. The van der Waals surface area contributed by atoms with Gasteiger partial charge in [-0.3, -0.25) is 4.79 Å². The maximum Gasteiger partial charge on any atom is 0.226 e. The van der Waals surface area contributed by atoms with Gasteiger partial charge in [0, 0.05) is 18.0 Å². The van der Waals surface area contributed by atoms with E-state index in [0.717, 1.165) is 31.5 Å². The van der Waals surface area contributed by atoms with Gasteiger partial charge in [-0.1, -0.05) is 12.1 Å². The first-order chi connectivity index (χ1) is 7.79. The molecule has 0 radical (unpaired) electrons. The van der Waals surface area contributed by atoms with Crippen molar-refractivity contribution in [3.63, 3.8) is 0 Å². The fourth-order valence-electron chi connectivity index (χ4n) is 2.04. The molecule has 0 saturated carbocycles. The fraction of sp³-hybridized carbons (Fsp3) is 0.462. The van der Waals surface area contributed by atoms with Crippen LogP contribution in [-0.2, 0) is 11.2 Å². The summed E-state index contributed by atoms with van der Waals surface area (Å²) in [4.78, 5) is 15.1. The van der Waals surface area contributed by atoms with Crippen molar-refractivity contribution in [3.05, 3.63) is 29.8 Å². The van der Waals surface area contributed by atoms with E-state index >= 15 is 0 Å². The Morgan fingerprint density at radius 2 is 2.12 bits per heavy atom. The van der Waals surface area contributed by atoms with E-state index in [1.807, 2.05) is 17.0 Å². The summed E-state index contributed by atoms with van der Waals surface area (Å²) < 4.78 is 0. The van der Waals surface area contributed by atoms with Crippen LogP contribution in [0.15, 0.2) is 29.2 Å². The van der Waals surface area contributed by atoms with Crippen LogP contribution in [-0.4, -0.2) is 30.2 Å². The van der Waals surface area contributed by atoms with Crippen molar-refractivity contribution < 1.29 is 4.79 Å². The molecule has 0 aromatic heterocycles. The van der Waals surface area contributed by atoms with Gasteiger partial charge in [-0.15, -0.1) is 11.8 Å². The van der Waals surface area contributed by atoms with Crippen LogP contribution in [0.5, 0.6) is 0 Å². The highest BCUT2D eigenvalue weighted by molar-refractivity contribution is 7.98. The molecule has 1 aromatic rings. The molecule has 2 nitrogen and oxygen atoms in total. The number of benzene rings is 1. The molecular formula is C13H17NOS. The molecule has 0 spiro atoms. The molecule has 3 heteroatoms. The van der Waals surface area contributed by atoms with E-state index in [1.54, 1.807) is 11.8 Å². The largest absolute Gasteiger partial charge is 0.342 e. The molecule has 1 heterocycles. The quantitative estimate of drug-likeness (QED) is 0.751. The zero-order valence-electron chi connectivity index (χ0n) is 9.61. The molecule has 1 aliphatic heterocycles. The molecule has 1 aliphatic rings. The minimum atomic E-state index is 0.274. The van der Waals surface area contributed by atoms with E-state index in [1.165, 1.54) is 4.90 Å². The van der Waals surface area contributed by atoms with Gasteiger partial charge in [-0.2, -0.15) is 0 Å². The second-order valence-corrected chi connectivity index (χ2v) is 5.00. The van der Waals surface area contributed by atoms with Crippen LogP contribution >= 0.6 is 11.8 Å². The van der Waals surface area contributed by atoms with Crippen molar-refractivity contribution in [1.29, 1.82) is 0 Å². The molecule has 16 heavy (non-hydrogen) atoms. The molecular weight excluding hydrogens is 218 g/mol. The molecule has 0 unspecified atom stereocenters. The minimum Gasteiger partial charge on any atom is -0.342 e. The monoisotopic (exact) mass is 235 g/mol. The lowest BCUT2D eigenvalue weighted by Crippen LogP contribution is -2.29. The van der Waals surface area contributed by atoms with E-state index in [4.69, 9.17) is 0 Å². The highest BCUT2D eigenvalue weighted by Gasteiger charge is 2.17. The van der Waals surface area contributed by atoms with Gasteiger partial charge in [0.2, 0.25) is 5.91 Å². The summed E-state index contributed by atoms with van der Waals surface area (Å²) in [6.45, 7) is 1.89. The van der Waals surface area contributed by atoms with Crippen molar-refractivity contribution in [3.8, 4) is 0 Å². The van der Waals surface area contributed by atoms with E-state index in [-0.39, 0.29) is 5.91 Å². The Kier molecular flexibility index (Phi) is 3.88. The van der Waals surface area contributed by atoms with E-state index in [9.17, 15) is 4.79 Å². The summed E-state index contributed by atoms with van der Waals surface area (Å²) in [6.07, 6.45) is 4.93. The molecule has 1 amide bonds. The van der Waals surface area contributed by atoms with Crippen molar-refractivity contribution in [2.75, 3.05) is 19.3 Å².